The van der Waals surface area contributed by atoms with Gasteiger partial charge in [-0.05, 0) is 36.8 Å². The van der Waals surface area contributed by atoms with Gasteiger partial charge in [0.1, 0.15) is 12.4 Å². The third-order valence-corrected chi connectivity index (χ3v) is 4.92. The number of aromatic nitrogens is 2. The molecule has 9 heteroatoms. The number of fused-ring (bicyclic) bond motifs is 1. The van der Waals surface area contributed by atoms with Gasteiger partial charge in [0.05, 0.1) is 32.3 Å². The van der Waals surface area contributed by atoms with Gasteiger partial charge in [-0.3, -0.25) is 4.79 Å². The zero-order valence-corrected chi connectivity index (χ0v) is 18.2. The second-order valence-corrected chi connectivity index (χ2v) is 6.95. The summed E-state index contributed by atoms with van der Waals surface area (Å²) in [6.45, 7) is 2.59. The molecule has 3 rings (SSSR count). The molecular formula is C23H26N2O7. The zero-order chi connectivity index (χ0) is 23.1. The fourth-order valence-corrected chi connectivity index (χ4v) is 3.27. The minimum Gasteiger partial charge on any atom is -0.493 e. The van der Waals surface area contributed by atoms with Gasteiger partial charge < -0.3 is 24.1 Å². The molecule has 0 saturated carbocycles. The lowest BCUT2D eigenvalue weighted by molar-refractivity contribution is -0.149. The summed E-state index contributed by atoms with van der Waals surface area (Å²) in [5.41, 5.74) is 0.577. The van der Waals surface area contributed by atoms with E-state index < -0.39 is 12.1 Å². The van der Waals surface area contributed by atoms with Crippen LogP contribution in [0.4, 0.5) is 0 Å². The van der Waals surface area contributed by atoms with Gasteiger partial charge in [-0.2, -0.15) is 5.10 Å². The molecule has 0 radical (unpaired) electrons. The highest BCUT2D eigenvalue weighted by Gasteiger charge is 2.18. The van der Waals surface area contributed by atoms with Crippen LogP contribution in [0.25, 0.3) is 10.8 Å². The van der Waals surface area contributed by atoms with Crippen molar-refractivity contribution in [2.24, 2.45) is 0 Å². The highest BCUT2D eigenvalue weighted by molar-refractivity contribution is 5.84. The maximum absolute atomic E-state index is 12.8. The summed E-state index contributed by atoms with van der Waals surface area (Å²) < 4.78 is 22.8. The third-order valence-electron chi connectivity index (χ3n) is 4.92. The van der Waals surface area contributed by atoms with Crippen LogP contribution in [-0.2, 0) is 22.5 Å². The van der Waals surface area contributed by atoms with E-state index in [9.17, 15) is 14.7 Å². The highest BCUT2D eigenvalue weighted by Crippen LogP contribution is 2.30. The van der Waals surface area contributed by atoms with Crippen molar-refractivity contribution in [1.82, 2.24) is 9.78 Å². The Kier molecular flexibility index (Phi) is 7.67. The van der Waals surface area contributed by atoms with Gasteiger partial charge in [0, 0.05) is 18.4 Å². The Balaban J connectivity index is 1.64. The predicted molar refractivity (Wildman–Crippen MR) is 118 cm³/mol. The van der Waals surface area contributed by atoms with Crippen LogP contribution in [0.2, 0.25) is 0 Å². The molecule has 0 spiro atoms. The Hall–Kier alpha value is -3.59. The van der Waals surface area contributed by atoms with Crippen LogP contribution in [0.5, 0.6) is 17.2 Å². The van der Waals surface area contributed by atoms with Crippen molar-refractivity contribution < 1.29 is 28.8 Å². The number of ether oxygens (including phenoxy) is 4. The van der Waals surface area contributed by atoms with Crippen LogP contribution in [0.3, 0.4) is 0 Å². The Morgan fingerprint density at radius 3 is 2.44 bits per heavy atom. The minimum absolute atomic E-state index is 0.238. The summed E-state index contributed by atoms with van der Waals surface area (Å²) in [6.07, 6.45) is 0.995. The summed E-state index contributed by atoms with van der Waals surface area (Å²) in [7, 11) is 3.05. The SMILES string of the molecule is CCOC(Cc1ccc(OCCn2ncc3cc(OC)c(OC)cc3c2=O)cc1)C(=O)O. The molecule has 1 heterocycles. The largest absolute Gasteiger partial charge is 0.493 e. The Morgan fingerprint density at radius 2 is 1.81 bits per heavy atom. The molecule has 0 saturated heterocycles. The van der Waals surface area contributed by atoms with Gasteiger partial charge in [-0.15, -0.1) is 0 Å². The van der Waals surface area contributed by atoms with E-state index in [-0.39, 0.29) is 25.1 Å². The molecule has 1 N–H and O–H groups in total. The quantitative estimate of drug-likeness (QED) is 0.483. The molecule has 0 fully saturated rings. The lowest BCUT2D eigenvalue weighted by Crippen LogP contribution is -2.26. The summed E-state index contributed by atoms with van der Waals surface area (Å²) in [5.74, 6) is 0.621. The lowest BCUT2D eigenvalue weighted by Gasteiger charge is -2.13. The average molecular weight is 442 g/mol. The van der Waals surface area contributed by atoms with Crippen molar-refractivity contribution in [2.75, 3.05) is 27.4 Å². The van der Waals surface area contributed by atoms with E-state index in [1.54, 1.807) is 49.5 Å². The predicted octanol–water partition coefficient (Wildman–Crippen LogP) is 2.52. The van der Waals surface area contributed by atoms with Gasteiger partial charge in [0.2, 0.25) is 0 Å². The Bertz CT molecular complexity index is 1130. The van der Waals surface area contributed by atoms with Crippen LogP contribution in [0.15, 0.2) is 47.4 Å². The normalized spacial score (nSPS) is 11.8. The fourth-order valence-electron chi connectivity index (χ4n) is 3.27. The Labute approximate surface area is 185 Å². The molecule has 0 aliphatic carbocycles. The average Bonchev–Trinajstić information content (AvgIpc) is 2.80. The van der Waals surface area contributed by atoms with Gasteiger partial charge >= 0.3 is 5.97 Å². The van der Waals surface area contributed by atoms with E-state index in [4.69, 9.17) is 18.9 Å². The van der Waals surface area contributed by atoms with Gasteiger partial charge in [-0.1, -0.05) is 12.1 Å². The van der Waals surface area contributed by atoms with E-state index in [0.717, 1.165) is 5.56 Å². The molecule has 32 heavy (non-hydrogen) atoms. The number of hydrogen-bond acceptors (Lipinski definition) is 7. The van der Waals surface area contributed by atoms with Crippen molar-refractivity contribution in [3.63, 3.8) is 0 Å². The maximum atomic E-state index is 12.8. The van der Waals surface area contributed by atoms with Gasteiger partial charge in [-0.25, -0.2) is 9.48 Å². The number of methoxy groups -OCH3 is 2. The topological polar surface area (TPSA) is 109 Å². The fraction of sp³-hybridized carbons (Fsp3) is 0.348. The number of carboxylic acids is 1. The molecule has 0 aliphatic rings. The summed E-state index contributed by atoms with van der Waals surface area (Å²) >= 11 is 0. The molecule has 2 aromatic carbocycles. The Morgan fingerprint density at radius 1 is 1.12 bits per heavy atom. The summed E-state index contributed by atoms with van der Waals surface area (Å²) in [4.78, 5) is 24.0. The first-order valence-electron chi connectivity index (χ1n) is 10.1. The van der Waals surface area contributed by atoms with Gasteiger partial charge in [0.15, 0.2) is 17.6 Å². The van der Waals surface area contributed by atoms with Gasteiger partial charge in [0.25, 0.3) is 5.56 Å². The molecule has 170 valence electrons. The smallest absolute Gasteiger partial charge is 0.333 e. The second kappa shape index (κ2) is 10.6. The third kappa shape index (κ3) is 5.36. The molecule has 1 atom stereocenters. The number of carbonyl (C=O) groups is 1. The number of carboxylic acid groups (broad SMARTS) is 1. The summed E-state index contributed by atoms with van der Waals surface area (Å²) in [6, 6.07) is 10.5. The number of aliphatic carboxylic acids is 1. The molecule has 0 amide bonds. The molecular weight excluding hydrogens is 416 g/mol. The summed E-state index contributed by atoms with van der Waals surface area (Å²) in [5, 5.41) is 14.5. The van der Waals surface area contributed by atoms with Crippen LogP contribution in [0.1, 0.15) is 12.5 Å². The molecule has 1 aromatic heterocycles. The molecule has 0 bridgehead atoms. The van der Waals surface area contributed by atoms with Crippen LogP contribution >= 0.6 is 0 Å². The standard InChI is InChI=1S/C23H26N2O7/c1-4-31-21(23(27)28)11-15-5-7-17(8-6-15)32-10-9-25-22(26)18-13-20(30-3)19(29-2)12-16(18)14-24-25/h5-8,12-14,21H,4,9-11H2,1-3H3,(H,27,28). The van der Waals surface area contributed by atoms with Crippen molar-refractivity contribution in [2.45, 2.75) is 26.0 Å². The monoisotopic (exact) mass is 442 g/mol. The number of hydrogen-bond donors (Lipinski definition) is 1. The minimum atomic E-state index is -0.989. The maximum Gasteiger partial charge on any atom is 0.333 e. The van der Waals surface area contributed by atoms with E-state index >= 15 is 0 Å². The second-order valence-electron chi connectivity index (χ2n) is 6.95. The molecule has 9 nitrogen and oxygen atoms in total. The van der Waals surface area contributed by atoms with E-state index in [0.29, 0.717) is 34.6 Å². The molecule has 3 aromatic rings. The first-order chi connectivity index (χ1) is 15.5. The number of benzene rings is 2. The van der Waals surface area contributed by atoms with Crippen molar-refractivity contribution >= 4 is 16.7 Å². The molecule has 0 aliphatic heterocycles. The molecule has 1 unspecified atom stereocenters. The first-order valence-corrected chi connectivity index (χ1v) is 10.1. The van der Waals surface area contributed by atoms with Crippen LogP contribution < -0.4 is 19.8 Å². The van der Waals surface area contributed by atoms with Crippen molar-refractivity contribution in [1.29, 1.82) is 0 Å². The zero-order valence-electron chi connectivity index (χ0n) is 18.2. The van der Waals surface area contributed by atoms with E-state index in [1.807, 2.05) is 0 Å². The van der Waals surface area contributed by atoms with Crippen molar-refractivity contribution in [3.05, 3.63) is 58.5 Å². The number of rotatable bonds is 11. The number of nitrogens with zero attached hydrogens (tertiary/aromatic N) is 2. The van der Waals surface area contributed by atoms with E-state index in [1.165, 1.54) is 18.9 Å². The lowest BCUT2D eigenvalue weighted by atomic mass is 10.1. The van der Waals surface area contributed by atoms with Crippen LogP contribution in [0, 0.1) is 0 Å². The van der Waals surface area contributed by atoms with E-state index in [2.05, 4.69) is 5.10 Å². The van der Waals surface area contributed by atoms with Crippen LogP contribution in [-0.4, -0.2) is 54.4 Å². The first kappa shape index (κ1) is 23.1. The van der Waals surface area contributed by atoms with Crippen molar-refractivity contribution in [3.8, 4) is 17.2 Å². The highest BCUT2D eigenvalue weighted by atomic mass is 16.5.